The molecule has 1 heterocycles. The van der Waals surface area contributed by atoms with E-state index in [1.165, 1.54) is 0 Å². The van der Waals surface area contributed by atoms with E-state index in [1.54, 1.807) is 43.4 Å². The monoisotopic (exact) mass is 504 g/mol. The number of rotatable bonds is 10. The molecular weight excluding hydrogens is 472 g/mol. The summed E-state index contributed by atoms with van der Waals surface area (Å²) in [5, 5.41) is 2.87. The Labute approximate surface area is 217 Å². The Morgan fingerprint density at radius 1 is 1.03 bits per heavy atom. The van der Waals surface area contributed by atoms with E-state index in [1.807, 2.05) is 49.4 Å². The van der Waals surface area contributed by atoms with Crippen molar-refractivity contribution in [1.82, 2.24) is 4.90 Å². The predicted molar refractivity (Wildman–Crippen MR) is 140 cm³/mol. The summed E-state index contributed by atoms with van der Waals surface area (Å²) in [5.74, 6) is 2.26. The Bertz CT molecular complexity index is 1230. The van der Waals surface area contributed by atoms with Gasteiger partial charge in [-0.3, -0.25) is 9.59 Å². The fourth-order valence-corrected chi connectivity index (χ4v) is 4.20. The normalized spacial score (nSPS) is 14.7. The summed E-state index contributed by atoms with van der Waals surface area (Å²) in [6.45, 7) is 2.71. The van der Waals surface area contributed by atoms with Crippen LogP contribution in [-0.4, -0.2) is 50.2 Å². The van der Waals surface area contributed by atoms with E-state index < -0.39 is 6.10 Å². The maximum Gasteiger partial charge on any atom is 0.263 e. The lowest BCUT2D eigenvalue weighted by Crippen LogP contribution is -2.40. The van der Waals surface area contributed by atoms with Gasteiger partial charge in [0.1, 0.15) is 11.5 Å². The van der Waals surface area contributed by atoms with Gasteiger partial charge in [0.05, 0.1) is 14.2 Å². The number of carbonyl (C=O) groups is 2. The van der Waals surface area contributed by atoms with Gasteiger partial charge in [0.25, 0.3) is 11.8 Å². The predicted octanol–water partition coefficient (Wildman–Crippen LogP) is 4.46. The van der Waals surface area contributed by atoms with Crippen molar-refractivity contribution >= 4 is 17.5 Å². The maximum absolute atomic E-state index is 13.2. The number of ether oxygens (including phenoxy) is 4. The number of carbonyl (C=O) groups excluding carboxylic acids is 2. The summed E-state index contributed by atoms with van der Waals surface area (Å²) < 4.78 is 22.3. The van der Waals surface area contributed by atoms with E-state index in [0.29, 0.717) is 54.6 Å². The first-order chi connectivity index (χ1) is 18.0. The number of hydrogen-bond acceptors (Lipinski definition) is 6. The molecule has 4 rings (SSSR count). The molecule has 0 spiro atoms. The van der Waals surface area contributed by atoms with Crippen molar-refractivity contribution in [2.24, 2.45) is 0 Å². The summed E-state index contributed by atoms with van der Waals surface area (Å²) in [6, 6.07) is 20.4. The van der Waals surface area contributed by atoms with E-state index >= 15 is 0 Å². The fourth-order valence-electron chi connectivity index (χ4n) is 4.20. The van der Waals surface area contributed by atoms with Gasteiger partial charge in [0.15, 0.2) is 24.2 Å². The zero-order valence-corrected chi connectivity index (χ0v) is 21.4. The lowest BCUT2D eigenvalue weighted by atomic mass is 10.1. The highest BCUT2D eigenvalue weighted by atomic mass is 16.5. The molecule has 1 aliphatic heterocycles. The van der Waals surface area contributed by atoms with Gasteiger partial charge in [-0.1, -0.05) is 31.2 Å². The molecule has 8 heteroatoms. The van der Waals surface area contributed by atoms with Crippen LogP contribution in [0.1, 0.15) is 24.5 Å². The number of para-hydroxylation sites is 1. The molecule has 0 aliphatic carbocycles. The smallest absolute Gasteiger partial charge is 0.263 e. The lowest BCUT2D eigenvalue weighted by Gasteiger charge is -2.23. The number of hydrogen-bond donors (Lipinski definition) is 1. The van der Waals surface area contributed by atoms with E-state index in [2.05, 4.69) is 5.32 Å². The highest BCUT2D eigenvalue weighted by molar-refractivity contribution is 5.92. The standard InChI is InChI=1S/C29H32N2O6/c1-4-24-29(33)31(15-14-20-10-12-26(34-2)27(16-20)35-3)18-21-17-22(11-13-25(21)37-24)30-28(32)19-36-23-8-6-5-7-9-23/h5-13,16-17,24H,4,14-15,18-19H2,1-3H3,(H,30,32)/t24-/m1/s1. The van der Waals surface area contributed by atoms with Crippen molar-refractivity contribution in [3.05, 3.63) is 77.9 Å². The van der Waals surface area contributed by atoms with Crippen LogP contribution in [-0.2, 0) is 22.6 Å². The van der Waals surface area contributed by atoms with Gasteiger partial charge >= 0.3 is 0 Å². The van der Waals surface area contributed by atoms with Crippen molar-refractivity contribution in [1.29, 1.82) is 0 Å². The first-order valence-electron chi connectivity index (χ1n) is 12.3. The zero-order valence-electron chi connectivity index (χ0n) is 21.4. The summed E-state index contributed by atoms with van der Waals surface area (Å²) in [4.78, 5) is 27.5. The fraction of sp³-hybridized carbons (Fsp3) is 0.310. The Kier molecular flexibility index (Phi) is 8.51. The number of nitrogens with one attached hydrogen (secondary N) is 1. The molecule has 0 saturated carbocycles. The van der Waals surface area contributed by atoms with Crippen molar-refractivity contribution in [3.63, 3.8) is 0 Å². The number of fused-ring (bicyclic) bond motifs is 1. The summed E-state index contributed by atoms with van der Waals surface area (Å²) in [6.07, 6.45) is 0.636. The van der Waals surface area contributed by atoms with Crippen LogP contribution in [0.25, 0.3) is 0 Å². The molecule has 1 N–H and O–H groups in total. The van der Waals surface area contributed by atoms with E-state index in [0.717, 1.165) is 11.1 Å². The molecule has 1 atom stereocenters. The number of anilines is 1. The highest BCUT2D eigenvalue weighted by Crippen LogP contribution is 2.31. The third-order valence-electron chi connectivity index (χ3n) is 6.16. The second-order valence-electron chi connectivity index (χ2n) is 8.69. The molecular formula is C29H32N2O6. The van der Waals surface area contributed by atoms with Crippen LogP contribution in [0.4, 0.5) is 5.69 Å². The van der Waals surface area contributed by atoms with Gasteiger partial charge < -0.3 is 29.2 Å². The van der Waals surface area contributed by atoms with Crippen molar-refractivity contribution in [2.45, 2.75) is 32.4 Å². The molecule has 3 aromatic rings. The molecule has 1 aliphatic rings. The molecule has 2 amide bonds. The number of nitrogens with zero attached hydrogens (tertiary/aromatic N) is 1. The molecule has 8 nitrogen and oxygen atoms in total. The van der Waals surface area contributed by atoms with Crippen molar-refractivity contribution in [3.8, 4) is 23.0 Å². The van der Waals surface area contributed by atoms with E-state index in [9.17, 15) is 9.59 Å². The zero-order chi connectivity index (χ0) is 26.2. The summed E-state index contributed by atoms with van der Waals surface area (Å²) >= 11 is 0. The maximum atomic E-state index is 13.2. The Morgan fingerprint density at radius 2 is 1.81 bits per heavy atom. The van der Waals surface area contributed by atoms with Crippen LogP contribution in [0.2, 0.25) is 0 Å². The molecule has 0 fully saturated rings. The summed E-state index contributed by atoms with van der Waals surface area (Å²) in [7, 11) is 3.20. The first kappa shape index (κ1) is 25.9. The second kappa shape index (κ2) is 12.2. The van der Waals surface area contributed by atoms with Crippen LogP contribution >= 0.6 is 0 Å². The van der Waals surface area contributed by atoms with Gasteiger partial charge in [-0.2, -0.15) is 0 Å². The molecule has 3 aromatic carbocycles. The minimum Gasteiger partial charge on any atom is -0.493 e. The second-order valence-corrected chi connectivity index (χ2v) is 8.69. The molecule has 194 valence electrons. The van der Waals surface area contributed by atoms with Gasteiger partial charge in [0, 0.05) is 24.3 Å². The van der Waals surface area contributed by atoms with Crippen LogP contribution < -0.4 is 24.3 Å². The van der Waals surface area contributed by atoms with Crippen molar-refractivity contribution in [2.75, 3.05) is 32.7 Å². The lowest BCUT2D eigenvalue weighted by molar-refractivity contribution is -0.138. The largest absolute Gasteiger partial charge is 0.493 e. The van der Waals surface area contributed by atoms with Gasteiger partial charge in [0.2, 0.25) is 0 Å². The topological polar surface area (TPSA) is 86.3 Å². The molecule has 0 radical (unpaired) electrons. The Balaban J connectivity index is 1.45. The highest BCUT2D eigenvalue weighted by Gasteiger charge is 2.30. The minimum absolute atomic E-state index is 0.0546. The van der Waals surface area contributed by atoms with Gasteiger partial charge in [-0.25, -0.2) is 0 Å². The van der Waals surface area contributed by atoms with Gasteiger partial charge in [-0.15, -0.1) is 0 Å². The number of benzene rings is 3. The molecule has 37 heavy (non-hydrogen) atoms. The third-order valence-corrected chi connectivity index (χ3v) is 6.16. The van der Waals surface area contributed by atoms with E-state index in [4.69, 9.17) is 18.9 Å². The average molecular weight is 505 g/mol. The third kappa shape index (κ3) is 6.52. The SMILES string of the molecule is CC[C@H]1Oc2ccc(NC(=O)COc3ccccc3)cc2CN(CCc2ccc(OC)c(OC)c2)C1=O. The van der Waals surface area contributed by atoms with E-state index in [-0.39, 0.29) is 18.4 Å². The molecule has 0 bridgehead atoms. The van der Waals surface area contributed by atoms with Crippen LogP contribution in [0.15, 0.2) is 66.7 Å². The van der Waals surface area contributed by atoms with Crippen LogP contribution in [0.3, 0.4) is 0 Å². The van der Waals surface area contributed by atoms with Crippen LogP contribution in [0.5, 0.6) is 23.0 Å². The van der Waals surface area contributed by atoms with Crippen LogP contribution in [0, 0.1) is 0 Å². The van der Waals surface area contributed by atoms with Gasteiger partial charge in [-0.05, 0) is 60.9 Å². The molecule has 0 saturated heterocycles. The molecule has 0 aromatic heterocycles. The quantitative estimate of drug-likeness (QED) is 0.439. The number of amides is 2. The number of methoxy groups -OCH3 is 2. The minimum atomic E-state index is -0.564. The average Bonchev–Trinajstić information content (AvgIpc) is 3.06. The molecule has 0 unspecified atom stereocenters. The Hall–Kier alpha value is -4.20. The summed E-state index contributed by atoms with van der Waals surface area (Å²) in [5.41, 5.74) is 2.48. The van der Waals surface area contributed by atoms with Crippen molar-refractivity contribution < 1.29 is 28.5 Å². The Morgan fingerprint density at radius 3 is 2.54 bits per heavy atom. The first-order valence-corrected chi connectivity index (χ1v) is 12.3.